The van der Waals surface area contributed by atoms with Gasteiger partial charge in [0, 0.05) is 12.5 Å². The first-order valence-corrected chi connectivity index (χ1v) is 12.0. The summed E-state index contributed by atoms with van der Waals surface area (Å²) in [6.45, 7) is 5.44. The molecule has 5 rings (SSSR count). The van der Waals surface area contributed by atoms with Gasteiger partial charge < -0.3 is 10.2 Å². The van der Waals surface area contributed by atoms with Crippen molar-refractivity contribution in [1.29, 1.82) is 0 Å². The lowest BCUT2D eigenvalue weighted by Crippen LogP contribution is -2.54. The third-order valence-corrected chi connectivity index (χ3v) is 7.45. The highest BCUT2D eigenvalue weighted by Crippen LogP contribution is 2.35. The standard InChI is InChI=1S/C25H29F3N5O/c1-16-4-9-20-21(16)23(31-15-30-20)32-11-13-33(14-12-32)24(34)22(19-3-2-10-29-19)17-5-7-18(8-6-17)25(26,27)28/h5-8,16,19,22,29H,2-4,9-14H2,1H3/q+1. The fourth-order valence-corrected chi connectivity index (χ4v) is 5.57. The average Bonchev–Trinajstić information content (AvgIpc) is 3.49. The van der Waals surface area contributed by atoms with E-state index in [-0.39, 0.29) is 11.9 Å². The summed E-state index contributed by atoms with van der Waals surface area (Å²) in [5.74, 6) is 0.829. The number of hydrogen-bond acceptors (Lipinski definition) is 4. The Hall–Kier alpha value is -2.86. The molecule has 2 fully saturated rings. The SMILES string of the molecule is CC1CCC2=C1C(N1CCN(C(=O)C(c3ccc(C(F)(F)F)cc3)C3CCCN3)CC1)=[N+]=C=N2. The molecule has 3 aliphatic heterocycles. The molecule has 1 aromatic rings. The molecule has 1 aliphatic carbocycles. The van der Waals surface area contributed by atoms with Crippen LogP contribution in [0.3, 0.4) is 0 Å². The number of amides is 1. The molecule has 3 atom stereocenters. The Morgan fingerprint density at radius 1 is 1.18 bits per heavy atom. The van der Waals surface area contributed by atoms with Crippen molar-refractivity contribution in [2.75, 3.05) is 32.7 Å². The van der Waals surface area contributed by atoms with Crippen LogP contribution in [-0.2, 0) is 11.0 Å². The third kappa shape index (κ3) is 4.31. The molecule has 1 aromatic carbocycles. The summed E-state index contributed by atoms with van der Waals surface area (Å²) in [5.41, 5.74) is 2.22. The molecule has 9 heteroatoms. The van der Waals surface area contributed by atoms with Crippen LogP contribution in [-0.4, -0.2) is 66.3 Å². The Bertz CT molecular complexity index is 1080. The zero-order valence-corrected chi connectivity index (χ0v) is 19.2. The highest BCUT2D eigenvalue weighted by atomic mass is 19.4. The van der Waals surface area contributed by atoms with E-state index in [0.717, 1.165) is 55.9 Å². The lowest BCUT2D eigenvalue weighted by atomic mass is 9.88. The molecule has 3 heterocycles. The number of carbonyl (C=O) groups excluding carboxylic acids is 1. The average molecular weight is 473 g/mol. The molecule has 3 unspecified atom stereocenters. The second kappa shape index (κ2) is 9.06. The molecule has 6 nitrogen and oxygen atoms in total. The molecule has 0 bridgehead atoms. The summed E-state index contributed by atoms with van der Waals surface area (Å²) in [4.78, 5) is 22.1. The van der Waals surface area contributed by atoms with E-state index in [1.165, 1.54) is 17.7 Å². The van der Waals surface area contributed by atoms with E-state index in [4.69, 9.17) is 0 Å². The maximum Gasteiger partial charge on any atom is 0.416 e. The van der Waals surface area contributed by atoms with Gasteiger partial charge in [-0.15, -0.1) is 0 Å². The van der Waals surface area contributed by atoms with E-state index in [1.54, 1.807) is 0 Å². The lowest BCUT2D eigenvalue weighted by molar-refractivity contribution is -0.137. The quantitative estimate of drug-likeness (QED) is 0.688. The summed E-state index contributed by atoms with van der Waals surface area (Å²) in [6, 6.07) is 7.81. The molecule has 0 spiro atoms. The number of alkyl halides is 3. The maximum atomic E-state index is 13.7. The van der Waals surface area contributed by atoms with Crippen molar-refractivity contribution in [3.8, 4) is 0 Å². The predicted molar refractivity (Wildman–Crippen MR) is 123 cm³/mol. The van der Waals surface area contributed by atoms with Gasteiger partial charge in [0.15, 0.2) is 0 Å². The Morgan fingerprint density at radius 3 is 2.56 bits per heavy atom. The highest BCUT2D eigenvalue weighted by molar-refractivity contribution is 6.01. The number of aliphatic imine (C=N–C) groups is 1. The molecule has 34 heavy (non-hydrogen) atoms. The first-order chi connectivity index (χ1) is 16.3. The van der Waals surface area contributed by atoms with E-state index in [9.17, 15) is 18.0 Å². The Balaban J connectivity index is 1.31. The fraction of sp³-hybridized carbons (Fsp3) is 0.560. The van der Waals surface area contributed by atoms with E-state index >= 15 is 0 Å². The number of rotatable bonds is 3. The molecule has 180 valence electrons. The van der Waals surface area contributed by atoms with E-state index in [0.29, 0.717) is 37.7 Å². The number of nitrogens with one attached hydrogen (secondary N) is 1. The fourth-order valence-electron chi connectivity index (χ4n) is 5.57. The van der Waals surface area contributed by atoms with Gasteiger partial charge in [-0.05, 0) is 54.4 Å². The number of benzene rings is 1. The van der Waals surface area contributed by atoms with Crippen molar-refractivity contribution in [3.63, 3.8) is 0 Å². The summed E-state index contributed by atoms with van der Waals surface area (Å²) in [7, 11) is 0. The normalized spacial score (nSPS) is 25.6. The van der Waals surface area contributed by atoms with E-state index in [1.807, 2.05) is 4.90 Å². The summed E-state index contributed by atoms with van der Waals surface area (Å²) in [6.07, 6.45) is -0.592. The molecule has 1 N–H and O–H groups in total. The molecule has 0 aromatic heterocycles. The topological polar surface area (TPSA) is 62.0 Å². The third-order valence-electron chi connectivity index (χ3n) is 7.45. The van der Waals surface area contributed by atoms with Crippen molar-refractivity contribution < 1.29 is 18.0 Å². The van der Waals surface area contributed by atoms with Crippen LogP contribution in [0.1, 0.15) is 49.7 Å². The minimum Gasteiger partial charge on any atom is -0.336 e. The van der Waals surface area contributed by atoms with Gasteiger partial charge in [-0.3, -0.25) is 9.69 Å². The smallest absolute Gasteiger partial charge is 0.336 e. The number of carbonyl (C=O) groups is 1. The number of halogens is 3. The van der Waals surface area contributed by atoms with Crippen LogP contribution in [0.5, 0.6) is 0 Å². The number of hydrogen-bond donors (Lipinski definition) is 1. The van der Waals surface area contributed by atoms with Gasteiger partial charge in [0.05, 0.1) is 43.2 Å². The van der Waals surface area contributed by atoms with Crippen LogP contribution < -0.4 is 9.98 Å². The molecular weight excluding hydrogens is 443 g/mol. The molecular formula is C25H29F3N5O+. The summed E-state index contributed by atoms with van der Waals surface area (Å²) >= 11 is 0. The van der Waals surface area contributed by atoms with Gasteiger partial charge >= 0.3 is 18.0 Å². The van der Waals surface area contributed by atoms with Gasteiger partial charge in [0.1, 0.15) is 5.70 Å². The van der Waals surface area contributed by atoms with Gasteiger partial charge in [0.2, 0.25) is 5.91 Å². The first-order valence-electron chi connectivity index (χ1n) is 12.0. The second-order valence-corrected chi connectivity index (χ2v) is 9.56. The van der Waals surface area contributed by atoms with Crippen LogP contribution >= 0.6 is 0 Å². The maximum absolute atomic E-state index is 13.7. The molecule has 2 saturated heterocycles. The lowest BCUT2D eigenvalue weighted by Gasteiger charge is -2.36. The summed E-state index contributed by atoms with van der Waals surface area (Å²) < 4.78 is 43.6. The largest absolute Gasteiger partial charge is 0.416 e. The van der Waals surface area contributed by atoms with Gasteiger partial charge in [-0.25, -0.2) is 0 Å². The number of piperazine rings is 1. The van der Waals surface area contributed by atoms with Crippen LogP contribution in [0.2, 0.25) is 0 Å². The zero-order chi connectivity index (χ0) is 23.9. The molecule has 4 aliphatic rings. The van der Waals surface area contributed by atoms with Crippen molar-refractivity contribution in [3.05, 3.63) is 46.7 Å². The minimum atomic E-state index is -4.39. The number of nitrogens with zero attached hydrogens (tertiary/aromatic N) is 4. The van der Waals surface area contributed by atoms with Crippen molar-refractivity contribution in [2.45, 2.75) is 50.7 Å². The van der Waals surface area contributed by atoms with Crippen molar-refractivity contribution >= 4 is 17.8 Å². The second-order valence-electron chi connectivity index (χ2n) is 9.56. The van der Waals surface area contributed by atoms with Crippen LogP contribution in [0.15, 0.2) is 40.5 Å². The van der Waals surface area contributed by atoms with Gasteiger partial charge in [-0.2, -0.15) is 17.8 Å². The monoisotopic (exact) mass is 472 g/mol. The predicted octanol–water partition coefficient (Wildman–Crippen LogP) is 3.02. The van der Waals surface area contributed by atoms with Crippen LogP contribution in [0.4, 0.5) is 13.2 Å². The Kier molecular flexibility index (Phi) is 6.11. The number of allylic oxidation sites excluding steroid dienone is 1. The van der Waals surface area contributed by atoms with Crippen molar-refractivity contribution in [2.24, 2.45) is 10.9 Å². The minimum absolute atomic E-state index is 0.0216. The zero-order valence-electron chi connectivity index (χ0n) is 19.2. The van der Waals surface area contributed by atoms with Gasteiger partial charge in [-0.1, -0.05) is 19.1 Å². The van der Waals surface area contributed by atoms with Crippen LogP contribution in [0.25, 0.3) is 0 Å². The molecule has 1 amide bonds. The summed E-state index contributed by atoms with van der Waals surface area (Å²) in [5, 5.41) is 3.39. The van der Waals surface area contributed by atoms with E-state index in [2.05, 4.69) is 32.8 Å². The Labute approximate surface area is 197 Å². The number of amidine groups is 1. The van der Waals surface area contributed by atoms with Gasteiger partial charge in [0.25, 0.3) is 0 Å². The van der Waals surface area contributed by atoms with E-state index < -0.39 is 17.7 Å². The molecule has 0 saturated carbocycles. The molecule has 0 radical (unpaired) electrons. The highest BCUT2D eigenvalue weighted by Gasteiger charge is 2.41. The first kappa shape index (κ1) is 22.9. The van der Waals surface area contributed by atoms with Crippen molar-refractivity contribution in [1.82, 2.24) is 19.8 Å². The Morgan fingerprint density at radius 2 is 1.91 bits per heavy atom. The van der Waals surface area contributed by atoms with Crippen LogP contribution in [0, 0.1) is 5.92 Å².